The van der Waals surface area contributed by atoms with Crippen molar-refractivity contribution in [2.24, 2.45) is 0 Å². The number of rotatable bonds is 3. The van der Waals surface area contributed by atoms with Gasteiger partial charge in [-0.1, -0.05) is 0 Å². The minimum absolute atomic E-state index is 0.193. The monoisotopic (exact) mass is 244 g/mol. The average Bonchev–Trinajstić information content (AvgIpc) is 2.61. The van der Waals surface area contributed by atoms with Gasteiger partial charge in [0.1, 0.15) is 0 Å². The molecular weight excluding hydrogens is 228 g/mol. The van der Waals surface area contributed by atoms with Gasteiger partial charge in [-0.05, 0) is 27.1 Å². The van der Waals surface area contributed by atoms with Gasteiger partial charge in [0.2, 0.25) is 0 Å². The van der Waals surface area contributed by atoms with Crippen molar-refractivity contribution < 1.29 is 5.11 Å². The number of fused-ring (bicyclic) bond motifs is 1. The van der Waals surface area contributed by atoms with Crippen LogP contribution in [-0.2, 0) is 13.0 Å². The van der Waals surface area contributed by atoms with Gasteiger partial charge in [-0.2, -0.15) is 5.26 Å². The zero-order valence-corrected chi connectivity index (χ0v) is 10.8. The van der Waals surface area contributed by atoms with Crippen molar-refractivity contribution in [3.63, 3.8) is 0 Å². The third kappa shape index (κ3) is 2.03. The summed E-state index contributed by atoms with van der Waals surface area (Å²) < 4.78 is 1.78. The van der Waals surface area contributed by atoms with Crippen LogP contribution >= 0.6 is 0 Å². The number of nitrogens with zero attached hydrogens (tertiary/aromatic N) is 4. The highest BCUT2D eigenvalue weighted by molar-refractivity contribution is 5.59. The van der Waals surface area contributed by atoms with Gasteiger partial charge in [-0.25, -0.2) is 4.98 Å². The van der Waals surface area contributed by atoms with Crippen LogP contribution in [0.1, 0.15) is 17.0 Å². The molecule has 94 valence electrons. The van der Waals surface area contributed by atoms with Gasteiger partial charge in [-0.3, -0.25) is 4.40 Å². The van der Waals surface area contributed by atoms with E-state index in [1.165, 1.54) is 0 Å². The fourth-order valence-electron chi connectivity index (χ4n) is 2.05. The third-order valence-corrected chi connectivity index (χ3v) is 2.88. The molecule has 0 unspecified atom stereocenters. The lowest BCUT2D eigenvalue weighted by atomic mass is 10.2. The highest BCUT2D eigenvalue weighted by Gasteiger charge is 2.14. The first-order valence-corrected chi connectivity index (χ1v) is 5.74. The topological polar surface area (TPSA) is 64.6 Å². The lowest BCUT2D eigenvalue weighted by Gasteiger charge is -2.11. The molecule has 0 bridgehead atoms. The molecule has 2 heterocycles. The quantitative estimate of drug-likeness (QED) is 0.888. The second-order valence-corrected chi connectivity index (χ2v) is 4.60. The molecule has 0 radical (unpaired) electrons. The highest BCUT2D eigenvalue weighted by Crippen LogP contribution is 2.26. The number of aromatic nitrogens is 2. The Hall–Kier alpha value is -2.06. The SMILES string of the molecule is Cc1nc2c(O)c(CN(C)C)ccn2c1CC#N. The summed E-state index contributed by atoms with van der Waals surface area (Å²) >= 11 is 0. The number of imidazole rings is 1. The van der Waals surface area contributed by atoms with E-state index in [0.29, 0.717) is 18.6 Å². The molecule has 18 heavy (non-hydrogen) atoms. The molecule has 5 heteroatoms. The maximum Gasteiger partial charge on any atom is 0.180 e. The highest BCUT2D eigenvalue weighted by atomic mass is 16.3. The maximum atomic E-state index is 10.2. The second kappa shape index (κ2) is 4.67. The number of aromatic hydroxyl groups is 1. The Bertz CT molecular complexity index is 622. The Morgan fingerprint density at radius 2 is 2.22 bits per heavy atom. The number of pyridine rings is 1. The first kappa shape index (κ1) is 12.4. The zero-order chi connectivity index (χ0) is 13.3. The van der Waals surface area contributed by atoms with Crippen LogP contribution in [0.5, 0.6) is 5.75 Å². The molecule has 0 atom stereocenters. The first-order valence-electron chi connectivity index (χ1n) is 5.74. The van der Waals surface area contributed by atoms with Gasteiger partial charge >= 0.3 is 0 Å². The Morgan fingerprint density at radius 3 is 2.83 bits per heavy atom. The van der Waals surface area contributed by atoms with Crippen LogP contribution in [0, 0.1) is 18.3 Å². The van der Waals surface area contributed by atoms with Gasteiger partial charge in [0.25, 0.3) is 0 Å². The number of hydrogen-bond donors (Lipinski definition) is 1. The molecule has 0 aliphatic rings. The molecule has 0 aliphatic heterocycles. The van der Waals surface area contributed by atoms with Gasteiger partial charge < -0.3 is 10.0 Å². The lowest BCUT2D eigenvalue weighted by molar-refractivity contribution is 0.386. The summed E-state index contributed by atoms with van der Waals surface area (Å²) in [5.41, 5.74) is 2.98. The fourth-order valence-corrected chi connectivity index (χ4v) is 2.05. The lowest BCUT2D eigenvalue weighted by Crippen LogP contribution is -2.11. The minimum Gasteiger partial charge on any atom is -0.504 e. The molecule has 0 aliphatic carbocycles. The van der Waals surface area contributed by atoms with Crippen molar-refractivity contribution >= 4 is 5.65 Å². The summed E-state index contributed by atoms with van der Waals surface area (Å²) in [5.74, 6) is 0.193. The van der Waals surface area contributed by atoms with Gasteiger partial charge in [0, 0.05) is 18.3 Å². The average molecular weight is 244 g/mol. The Balaban J connectivity index is 2.59. The number of aryl methyl sites for hydroxylation is 1. The zero-order valence-electron chi connectivity index (χ0n) is 10.8. The first-order chi connectivity index (χ1) is 8.54. The van der Waals surface area contributed by atoms with E-state index in [-0.39, 0.29) is 5.75 Å². The van der Waals surface area contributed by atoms with E-state index in [1.807, 2.05) is 38.2 Å². The van der Waals surface area contributed by atoms with E-state index in [0.717, 1.165) is 17.0 Å². The largest absolute Gasteiger partial charge is 0.504 e. The van der Waals surface area contributed by atoms with E-state index >= 15 is 0 Å². The van der Waals surface area contributed by atoms with Crippen molar-refractivity contribution in [2.45, 2.75) is 19.9 Å². The summed E-state index contributed by atoms with van der Waals surface area (Å²) in [5, 5.41) is 19.0. The van der Waals surface area contributed by atoms with Crippen LogP contribution < -0.4 is 0 Å². The molecule has 0 amide bonds. The van der Waals surface area contributed by atoms with Crippen LogP contribution in [0.15, 0.2) is 12.3 Å². The minimum atomic E-state index is 0.193. The Kier molecular flexibility index (Phi) is 3.21. The van der Waals surface area contributed by atoms with Crippen molar-refractivity contribution in [3.05, 3.63) is 29.2 Å². The summed E-state index contributed by atoms with van der Waals surface area (Å²) in [6.07, 6.45) is 2.15. The molecule has 0 aromatic carbocycles. The van der Waals surface area contributed by atoms with Crippen molar-refractivity contribution in [1.29, 1.82) is 5.26 Å². The Labute approximate surface area is 106 Å². The molecule has 5 nitrogen and oxygen atoms in total. The van der Waals surface area contributed by atoms with Crippen molar-refractivity contribution in [1.82, 2.24) is 14.3 Å². The van der Waals surface area contributed by atoms with E-state index in [2.05, 4.69) is 11.1 Å². The summed E-state index contributed by atoms with van der Waals surface area (Å²) in [6.45, 7) is 2.51. The van der Waals surface area contributed by atoms with E-state index < -0.39 is 0 Å². The van der Waals surface area contributed by atoms with Gasteiger partial charge in [0.05, 0.1) is 23.9 Å². The molecular formula is C13H16N4O. The normalized spacial score (nSPS) is 11.1. The molecule has 2 aromatic rings. The molecule has 0 fully saturated rings. The van der Waals surface area contributed by atoms with Gasteiger partial charge in [-0.15, -0.1) is 0 Å². The van der Waals surface area contributed by atoms with Crippen LogP contribution in [0.4, 0.5) is 0 Å². The predicted molar refractivity (Wildman–Crippen MR) is 68.3 cm³/mol. The molecule has 0 saturated heterocycles. The van der Waals surface area contributed by atoms with E-state index in [1.54, 1.807) is 4.40 Å². The standard InChI is InChI=1S/C13H16N4O/c1-9-11(4-6-14)17-7-5-10(8-16(2)3)12(18)13(17)15-9/h5,7,18H,4,8H2,1-3H3. The number of nitriles is 1. The van der Waals surface area contributed by atoms with Crippen LogP contribution in [-0.4, -0.2) is 33.5 Å². The Morgan fingerprint density at radius 1 is 1.50 bits per heavy atom. The van der Waals surface area contributed by atoms with E-state index in [4.69, 9.17) is 5.26 Å². The maximum absolute atomic E-state index is 10.2. The van der Waals surface area contributed by atoms with Crippen molar-refractivity contribution in [2.75, 3.05) is 14.1 Å². The fraction of sp³-hybridized carbons (Fsp3) is 0.385. The summed E-state index contributed by atoms with van der Waals surface area (Å²) in [4.78, 5) is 6.33. The third-order valence-electron chi connectivity index (χ3n) is 2.88. The molecule has 2 aromatic heterocycles. The molecule has 0 saturated carbocycles. The van der Waals surface area contributed by atoms with Crippen LogP contribution in [0.3, 0.4) is 0 Å². The molecule has 2 rings (SSSR count). The second-order valence-electron chi connectivity index (χ2n) is 4.60. The molecule has 0 spiro atoms. The summed E-state index contributed by atoms with van der Waals surface area (Å²) in [7, 11) is 3.89. The van der Waals surface area contributed by atoms with Gasteiger partial charge in [0.15, 0.2) is 11.4 Å². The van der Waals surface area contributed by atoms with E-state index in [9.17, 15) is 5.11 Å². The molecule has 1 N–H and O–H groups in total. The van der Waals surface area contributed by atoms with Crippen LogP contribution in [0.2, 0.25) is 0 Å². The summed E-state index contributed by atoms with van der Waals surface area (Å²) in [6, 6.07) is 3.98. The predicted octanol–water partition coefficient (Wildman–Crippen LogP) is 1.48. The van der Waals surface area contributed by atoms with Crippen molar-refractivity contribution in [3.8, 4) is 11.8 Å². The number of hydrogen-bond acceptors (Lipinski definition) is 4. The van der Waals surface area contributed by atoms with Crippen LogP contribution in [0.25, 0.3) is 5.65 Å². The smallest absolute Gasteiger partial charge is 0.180 e.